The highest BCUT2D eigenvalue weighted by Crippen LogP contribution is 2.49. The maximum absolute atomic E-state index is 13.7. The van der Waals surface area contributed by atoms with E-state index in [-0.39, 0.29) is 11.3 Å². The van der Waals surface area contributed by atoms with Crippen LogP contribution < -0.4 is 15.5 Å². The lowest BCUT2D eigenvalue weighted by atomic mass is 9.74. The van der Waals surface area contributed by atoms with Gasteiger partial charge in [-0.05, 0) is 105 Å². The summed E-state index contributed by atoms with van der Waals surface area (Å²) in [6.45, 7) is 6.64. The lowest BCUT2D eigenvalue weighted by Crippen LogP contribution is -2.42. The fourth-order valence-corrected chi connectivity index (χ4v) is 6.26. The summed E-state index contributed by atoms with van der Waals surface area (Å²) >= 11 is 0. The molecule has 6 rings (SSSR count). The smallest absolute Gasteiger partial charge is 0.274 e. The van der Waals surface area contributed by atoms with Gasteiger partial charge in [0.1, 0.15) is 5.75 Å². The first-order valence-electron chi connectivity index (χ1n) is 13.8. The van der Waals surface area contributed by atoms with E-state index in [9.17, 15) is 14.4 Å². The van der Waals surface area contributed by atoms with E-state index in [1.165, 1.54) is 18.1 Å². The lowest BCUT2D eigenvalue weighted by molar-refractivity contribution is -0.126. The maximum Gasteiger partial charge on any atom is 0.274 e. The number of benzene rings is 3. The first-order chi connectivity index (χ1) is 19.2. The molecule has 3 amide bonds. The van der Waals surface area contributed by atoms with Crippen molar-refractivity contribution in [3.05, 3.63) is 82.4 Å². The SMILES string of the molecule is CC(=O)N(N)C(=O)c1ccc(-c2ccc(C(=O)N3CCc4cc5c(cc43)C3(CCN(C)CC3)CO5)cc2)c(C)c1. The van der Waals surface area contributed by atoms with Crippen molar-refractivity contribution in [2.24, 2.45) is 5.84 Å². The van der Waals surface area contributed by atoms with E-state index in [2.05, 4.69) is 24.1 Å². The molecule has 0 atom stereocenters. The third kappa shape index (κ3) is 4.37. The van der Waals surface area contributed by atoms with Crippen molar-refractivity contribution in [3.63, 3.8) is 0 Å². The van der Waals surface area contributed by atoms with E-state index in [1.807, 2.05) is 42.2 Å². The number of nitrogens with zero attached hydrogens (tertiary/aromatic N) is 3. The molecule has 1 fully saturated rings. The number of likely N-dealkylation sites (tertiary alicyclic amines) is 1. The molecule has 206 valence electrons. The standard InChI is InChI=1S/C32H34N4O4/c1-20-16-25(31(39)36(33)21(2)37)8-9-26(20)22-4-6-23(7-5-22)30(38)35-13-10-24-17-29-27(18-28(24)35)32(19-40-29)11-14-34(3)15-12-32/h4-9,16-18H,10-15,19,33H2,1-3H3. The minimum absolute atomic E-state index is 0.00784. The average molecular weight is 539 g/mol. The van der Waals surface area contributed by atoms with Crippen molar-refractivity contribution in [1.82, 2.24) is 9.91 Å². The van der Waals surface area contributed by atoms with E-state index in [4.69, 9.17) is 10.6 Å². The zero-order valence-corrected chi connectivity index (χ0v) is 23.2. The first-order valence-corrected chi connectivity index (χ1v) is 13.8. The second kappa shape index (κ2) is 9.87. The summed E-state index contributed by atoms with van der Waals surface area (Å²) in [7, 11) is 2.17. The van der Waals surface area contributed by atoms with Gasteiger partial charge in [-0.1, -0.05) is 18.2 Å². The van der Waals surface area contributed by atoms with Gasteiger partial charge in [0.15, 0.2) is 0 Å². The van der Waals surface area contributed by atoms with E-state index in [0.717, 1.165) is 67.1 Å². The molecule has 1 spiro atoms. The van der Waals surface area contributed by atoms with Gasteiger partial charge in [-0.2, -0.15) is 0 Å². The molecule has 0 saturated carbocycles. The number of ether oxygens (including phenoxy) is 1. The highest BCUT2D eigenvalue weighted by Gasteiger charge is 2.44. The van der Waals surface area contributed by atoms with Crippen molar-refractivity contribution in [3.8, 4) is 16.9 Å². The summed E-state index contributed by atoms with van der Waals surface area (Å²) in [5, 5.41) is 0.611. The monoisotopic (exact) mass is 538 g/mol. The normalized spacial score (nSPS) is 17.4. The Bertz CT molecular complexity index is 1520. The van der Waals surface area contributed by atoms with Crippen LogP contribution in [0.5, 0.6) is 5.75 Å². The van der Waals surface area contributed by atoms with Crippen molar-refractivity contribution in [2.45, 2.75) is 38.5 Å². The zero-order valence-electron chi connectivity index (χ0n) is 23.2. The molecule has 3 aromatic rings. The number of piperidine rings is 1. The molecular formula is C32H34N4O4. The van der Waals surface area contributed by atoms with Crippen LogP contribution in [0, 0.1) is 6.92 Å². The van der Waals surface area contributed by atoms with Gasteiger partial charge >= 0.3 is 0 Å². The van der Waals surface area contributed by atoms with Crippen LogP contribution in [-0.4, -0.2) is 60.9 Å². The van der Waals surface area contributed by atoms with Gasteiger partial charge in [0.05, 0.1) is 6.61 Å². The fraction of sp³-hybridized carbons (Fsp3) is 0.344. The molecule has 3 aliphatic rings. The van der Waals surface area contributed by atoms with Crippen LogP contribution in [0.25, 0.3) is 11.1 Å². The molecule has 3 aliphatic heterocycles. The number of hydrazine groups is 1. The van der Waals surface area contributed by atoms with E-state index in [1.54, 1.807) is 12.1 Å². The molecule has 3 heterocycles. The molecule has 0 aromatic heterocycles. The number of nitrogens with two attached hydrogens (primary N) is 1. The molecule has 0 radical (unpaired) electrons. The fourth-order valence-electron chi connectivity index (χ4n) is 6.26. The first kappa shape index (κ1) is 26.2. The van der Waals surface area contributed by atoms with Crippen molar-refractivity contribution in [1.29, 1.82) is 0 Å². The minimum atomic E-state index is -0.548. The Morgan fingerprint density at radius 2 is 1.65 bits per heavy atom. The summed E-state index contributed by atoms with van der Waals surface area (Å²) in [4.78, 5) is 41.8. The number of aryl methyl sites for hydroxylation is 1. The van der Waals surface area contributed by atoms with E-state index in [0.29, 0.717) is 22.7 Å². The van der Waals surface area contributed by atoms with Crippen molar-refractivity contribution >= 4 is 23.4 Å². The molecule has 8 nitrogen and oxygen atoms in total. The lowest BCUT2D eigenvalue weighted by Gasteiger charge is -2.37. The van der Waals surface area contributed by atoms with Crippen LogP contribution in [0.1, 0.15) is 57.2 Å². The van der Waals surface area contributed by atoms with E-state index < -0.39 is 11.8 Å². The van der Waals surface area contributed by atoms with Gasteiger partial charge in [0, 0.05) is 41.3 Å². The summed E-state index contributed by atoms with van der Waals surface area (Å²) in [5.74, 6) is 5.49. The largest absolute Gasteiger partial charge is 0.492 e. The Morgan fingerprint density at radius 3 is 2.33 bits per heavy atom. The number of anilines is 1. The number of carbonyl (C=O) groups is 3. The quantitative estimate of drug-likeness (QED) is 0.307. The third-order valence-corrected chi connectivity index (χ3v) is 8.82. The second-order valence-electron chi connectivity index (χ2n) is 11.4. The summed E-state index contributed by atoms with van der Waals surface area (Å²) in [6, 6.07) is 17.2. The van der Waals surface area contributed by atoms with E-state index >= 15 is 0 Å². The molecular weight excluding hydrogens is 504 g/mol. The molecule has 3 aromatic carbocycles. The molecule has 0 unspecified atom stereocenters. The van der Waals surface area contributed by atoms with Gasteiger partial charge in [0.25, 0.3) is 11.8 Å². The number of rotatable bonds is 3. The zero-order chi connectivity index (χ0) is 28.2. The Kier molecular flexibility index (Phi) is 6.47. The van der Waals surface area contributed by atoms with Gasteiger partial charge in [0.2, 0.25) is 5.91 Å². The van der Waals surface area contributed by atoms with Crippen LogP contribution in [0.3, 0.4) is 0 Å². The van der Waals surface area contributed by atoms with Gasteiger partial charge in [-0.25, -0.2) is 10.9 Å². The summed E-state index contributed by atoms with van der Waals surface area (Å²) in [5.41, 5.74) is 7.19. The Labute approximate surface area is 234 Å². The van der Waals surface area contributed by atoms with Gasteiger partial charge < -0.3 is 14.5 Å². The molecule has 1 saturated heterocycles. The highest BCUT2D eigenvalue weighted by molar-refractivity contribution is 6.08. The molecule has 8 heteroatoms. The summed E-state index contributed by atoms with van der Waals surface area (Å²) in [6.07, 6.45) is 2.96. The van der Waals surface area contributed by atoms with Gasteiger partial charge in [-0.15, -0.1) is 0 Å². The predicted octanol–water partition coefficient (Wildman–Crippen LogP) is 4.08. The van der Waals surface area contributed by atoms with Crippen molar-refractivity contribution < 1.29 is 19.1 Å². The number of fused-ring (bicyclic) bond motifs is 3. The third-order valence-electron chi connectivity index (χ3n) is 8.82. The van der Waals surface area contributed by atoms with Crippen LogP contribution in [0.2, 0.25) is 0 Å². The number of hydrogen-bond donors (Lipinski definition) is 1. The molecule has 2 N–H and O–H groups in total. The number of amides is 3. The number of imide groups is 1. The number of carbonyl (C=O) groups excluding carboxylic acids is 3. The van der Waals surface area contributed by atoms with Crippen LogP contribution in [0.4, 0.5) is 5.69 Å². The highest BCUT2D eigenvalue weighted by atomic mass is 16.5. The molecule has 0 bridgehead atoms. The van der Waals surface area contributed by atoms with Crippen LogP contribution >= 0.6 is 0 Å². The van der Waals surface area contributed by atoms with Gasteiger partial charge in [-0.3, -0.25) is 14.4 Å². The summed E-state index contributed by atoms with van der Waals surface area (Å²) < 4.78 is 6.18. The van der Waals surface area contributed by atoms with Crippen LogP contribution in [0.15, 0.2) is 54.6 Å². The minimum Gasteiger partial charge on any atom is -0.492 e. The Hall–Kier alpha value is -4.01. The Balaban J connectivity index is 1.23. The Morgan fingerprint density at radius 1 is 0.950 bits per heavy atom. The topological polar surface area (TPSA) is 96.2 Å². The number of hydrogen-bond acceptors (Lipinski definition) is 6. The van der Waals surface area contributed by atoms with Crippen LogP contribution in [-0.2, 0) is 16.6 Å². The average Bonchev–Trinajstić information content (AvgIpc) is 3.53. The predicted molar refractivity (Wildman–Crippen MR) is 153 cm³/mol. The molecule has 0 aliphatic carbocycles. The maximum atomic E-state index is 13.7. The molecule has 40 heavy (non-hydrogen) atoms. The van der Waals surface area contributed by atoms with Crippen molar-refractivity contribution in [2.75, 3.05) is 38.2 Å². The second-order valence-corrected chi connectivity index (χ2v) is 11.4.